The summed E-state index contributed by atoms with van der Waals surface area (Å²) in [6, 6.07) is 0. The van der Waals surface area contributed by atoms with Crippen molar-refractivity contribution < 1.29 is 9.84 Å². The van der Waals surface area contributed by atoms with Crippen LogP contribution in [-0.2, 0) is 4.74 Å². The van der Waals surface area contributed by atoms with Crippen LogP contribution in [0, 0.1) is 0 Å². The molecule has 0 saturated carbocycles. The number of nitrogens with two attached hydrogens (primary N) is 1. The first-order chi connectivity index (χ1) is 5.83. The molecule has 0 radical (unpaired) electrons. The molecule has 0 saturated heterocycles. The van der Waals surface area contributed by atoms with E-state index in [9.17, 15) is 0 Å². The van der Waals surface area contributed by atoms with Crippen LogP contribution >= 0.6 is 0 Å². The average molecular weight is 179 g/mol. The second-order valence-electron chi connectivity index (χ2n) is 1.83. The van der Waals surface area contributed by atoms with Gasteiger partial charge in [-0.05, 0) is 0 Å². The molecular weight excluding hydrogens is 154 g/mol. The quantitative estimate of drug-likeness (QED) is 0.641. The monoisotopic (exact) mass is 179 g/mol. The molecule has 0 rings (SSSR count). The Bertz CT molecular complexity index is 39.5. The van der Waals surface area contributed by atoms with Crippen molar-refractivity contribution in [3.8, 4) is 0 Å². The Morgan fingerprint density at radius 2 is 1.58 bits per heavy atom. The molecule has 3 N–H and O–H groups in total. The summed E-state index contributed by atoms with van der Waals surface area (Å²) in [5.74, 6) is 0. The largest absolute Gasteiger partial charge is 0.394 e. The zero-order chi connectivity index (χ0) is 10.2. The van der Waals surface area contributed by atoms with Gasteiger partial charge in [0.1, 0.15) is 0 Å². The Balaban J connectivity index is -0.000000137. The van der Waals surface area contributed by atoms with E-state index in [0.717, 1.165) is 0 Å². The standard InChI is InChI=1S/C4H11NO2.C3H8.C2H6/c5-1-3-7-4-2-6;1-3-2;1-2/h6H,1-5H2;3H2,1-2H3;1-2H3. The molecular formula is C9H25NO2. The van der Waals surface area contributed by atoms with Crippen LogP contribution in [0.1, 0.15) is 34.1 Å². The molecule has 0 aliphatic rings. The number of hydrogen-bond donors (Lipinski definition) is 2. The average Bonchev–Trinajstić information content (AvgIpc) is 2.11. The van der Waals surface area contributed by atoms with Crippen molar-refractivity contribution in [2.45, 2.75) is 34.1 Å². The Morgan fingerprint density at radius 1 is 1.17 bits per heavy atom. The summed E-state index contributed by atoms with van der Waals surface area (Å²) in [5, 5.41) is 8.13. The summed E-state index contributed by atoms with van der Waals surface area (Å²) >= 11 is 0. The third kappa shape index (κ3) is 51.8. The van der Waals surface area contributed by atoms with Gasteiger partial charge in [0, 0.05) is 6.54 Å². The molecule has 0 aromatic heterocycles. The van der Waals surface area contributed by atoms with Gasteiger partial charge >= 0.3 is 0 Å². The lowest BCUT2D eigenvalue weighted by atomic mass is 10.6. The summed E-state index contributed by atoms with van der Waals surface area (Å²) in [5.41, 5.74) is 5.06. The van der Waals surface area contributed by atoms with Crippen molar-refractivity contribution in [2.24, 2.45) is 5.73 Å². The minimum Gasteiger partial charge on any atom is -0.394 e. The van der Waals surface area contributed by atoms with Crippen molar-refractivity contribution in [3.63, 3.8) is 0 Å². The lowest BCUT2D eigenvalue weighted by Gasteiger charge is -1.95. The molecule has 3 heteroatoms. The zero-order valence-electron chi connectivity index (χ0n) is 8.97. The van der Waals surface area contributed by atoms with E-state index in [2.05, 4.69) is 13.8 Å². The van der Waals surface area contributed by atoms with Gasteiger partial charge in [-0.3, -0.25) is 0 Å². The molecule has 0 aromatic rings. The molecule has 78 valence electrons. The third-order valence-electron chi connectivity index (χ3n) is 0.498. The minimum absolute atomic E-state index is 0.0833. The van der Waals surface area contributed by atoms with Crippen LogP contribution in [0.2, 0.25) is 0 Å². The summed E-state index contributed by atoms with van der Waals surface area (Å²) in [4.78, 5) is 0. The lowest BCUT2D eigenvalue weighted by molar-refractivity contribution is 0.0976. The Hall–Kier alpha value is -0.120. The van der Waals surface area contributed by atoms with Gasteiger partial charge in [0.05, 0.1) is 19.8 Å². The minimum atomic E-state index is 0.0833. The van der Waals surface area contributed by atoms with Crippen LogP contribution in [0.3, 0.4) is 0 Å². The molecule has 0 aromatic carbocycles. The highest BCUT2D eigenvalue weighted by atomic mass is 16.5. The third-order valence-corrected chi connectivity index (χ3v) is 0.498. The molecule has 0 heterocycles. The van der Waals surface area contributed by atoms with Gasteiger partial charge in [0.2, 0.25) is 0 Å². The van der Waals surface area contributed by atoms with E-state index < -0.39 is 0 Å². The van der Waals surface area contributed by atoms with E-state index in [0.29, 0.717) is 19.8 Å². The molecule has 0 spiro atoms. The smallest absolute Gasteiger partial charge is 0.0698 e. The van der Waals surface area contributed by atoms with Crippen LogP contribution in [-0.4, -0.2) is 31.5 Å². The maximum atomic E-state index is 8.13. The molecule has 0 atom stereocenters. The molecule has 0 unspecified atom stereocenters. The molecule has 0 bridgehead atoms. The van der Waals surface area contributed by atoms with Crippen LogP contribution in [0.25, 0.3) is 0 Å². The van der Waals surface area contributed by atoms with Crippen LogP contribution < -0.4 is 5.73 Å². The van der Waals surface area contributed by atoms with Gasteiger partial charge < -0.3 is 15.6 Å². The van der Waals surface area contributed by atoms with Crippen molar-refractivity contribution >= 4 is 0 Å². The highest BCUT2D eigenvalue weighted by Gasteiger charge is 1.78. The normalized spacial score (nSPS) is 7.50. The SMILES string of the molecule is CC.CCC.NCCOCCO. The van der Waals surface area contributed by atoms with Crippen LogP contribution in [0.15, 0.2) is 0 Å². The molecule has 0 aliphatic carbocycles. The van der Waals surface area contributed by atoms with Gasteiger partial charge in [-0.2, -0.15) is 0 Å². The van der Waals surface area contributed by atoms with E-state index in [1.165, 1.54) is 6.42 Å². The highest BCUT2D eigenvalue weighted by Crippen LogP contribution is 1.66. The van der Waals surface area contributed by atoms with Gasteiger partial charge in [-0.15, -0.1) is 0 Å². The fourth-order valence-electron chi connectivity index (χ4n) is 0.250. The zero-order valence-corrected chi connectivity index (χ0v) is 8.97. The number of hydrogen-bond acceptors (Lipinski definition) is 3. The fraction of sp³-hybridized carbons (Fsp3) is 1.00. The van der Waals surface area contributed by atoms with E-state index in [1.807, 2.05) is 13.8 Å². The van der Waals surface area contributed by atoms with Gasteiger partial charge in [-0.25, -0.2) is 0 Å². The number of rotatable bonds is 4. The summed E-state index contributed by atoms with van der Waals surface area (Å²) in [7, 11) is 0. The number of ether oxygens (including phenoxy) is 1. The predicted octanol–water partition coefficient (Wildman–Crippen LogP) is 1.40. The molecule has 0 amide bonds. The highest BCUT2D eigenvalue weighted by molar-refractivity contribution is 4.28. The molecule has 12 heavy (non-hydrogen) atoms. The van der Waals surface area contributed by atoms with Gasteiger partial charge in [0.15, 0.2) is 0 Å². The summed E-state index contributed by atoms with van der Waals surface area (Å²) < 4.78 is 4.76. The van der Waals surface area contributed by atoms with E-state index in [4.69, 9.17) is 15.6 Å². The predicted molar refractivity (Wildman–Crippen MR) is 54.3 cm³/mol. The maximum Gasteiger partial charge on any atom is 0.0698 e. The van der Waals surface area contributed by atoms with E-state index >= 15 is 0 Å². The Morgan fingerprint density at radius 3 is 1.83 bits per heavy atom. The topological polar surface area (TPSA) is 55.5 Å². The fourth-order valence-corrected chi connectivity index (χ4v) is 0.250. The van der Waals surface area contributed by atoms with Crippen molar-refractivity contribution in [1.82, 2.24) is 0 Å². The summed E-state index contributed by atoms with van der Waals surface area (Å²) in [6.07, 6.45) is 1.25. The van der Waals surface area contributed by atoms with Crippen molar-refractivity contribution in [3.05, 3.63) is 0 Å². The van der Waals surface area contributed by atoms with Gasteiger partial charge in [0.25, 0.3) is 0 Å². The first-order valence-electron chi connectivity index (χ1n) is 4.72. The first kappa shape index (κ1) is 17.8. The molecule has 3 nitrogen and oxygen atoms in total. The summed E-state index contributed by atoms with van der Waals surface area (Å²) in [6.45, 7) is 9.80. The second-order valence-corrected chi connectivity index (χ2v) is 1.83. The lowest BCUT2D eigenvalue weighted by Crippen LogP contribution is -2.10. The Kier molecular flexibility index (Phi) is 45.7. The van der Waals surface area contributed by atoms with Crippen LogP contribution in [0.4, 0.5) is 0 Å². The van der Waals surface area contributed by atoms with Crippen LogP contribution in [0.5, 0.6) is 0 Å². The number of aliphatic hydroxyl groups is 1. The van der Waals surface area contributed by atoms with Crippen molar-refractivity contribution in [1.29, 1.82) is 0 Å². The van der Waals surface area contributed by atoms with E-state index in [1.54, 1.807) is 0 Å². The molecule has 0 fully saturated rings. The maximum absolute atomic E-state index is 8.13. The van der Waals surface area contributed by atoms with Crippen molar-refractivity contribution in [2.75, 3.05) is 26.4 Å². The first-order valence-corrected chi connectivity index (χ1v) is 4.72. The second kappa shape index (κ2) is 30.7. The number of aliphatic hydroxyl groups excluding tert-OH is 1. The Labute approximate surface area is 76.9 Å². The molecule has 0 aliphatic heterocycles. The van der Waals surface area contributed by atoms with E-state index in [-0.39, 0.29) is 6.61 Å². The van der Waals surface area contributed by atoms with Gasteiger partial charge in [-0.1, -0.05) is 34.1 Å².